The molecular formula is C23H20O3. The van der Waals surface area contributed by atoms with Crippen LogP contribution in [0.2, 0.25) is 0 Å². The lowest BCUT2D eigenvalue weighted by molar-refractivity contribution is -0.142. The Balaban J connectivity index is 1.87. The first kappa shape index (κ1) is 16.6. The SMILES string of the molecule is COC(=O)[C@@H]1O[C@H]1c1c(-c2ccccc2)cccc1-c1ccc(C)cc1. The summed E-state index contributed by atoms with van der Waals surface area (Å²) in [6, 6.07) is 24.8. The van der Waals surface area contributed by atoms with Gasteiger partial charge >= 0.3 is 5.97 Å². The van der Waals surface area contributed by atoms with E-state index < -0.39 is 6.10 Å². The van der Waals surface area contributed by atoms with Crippen LogP contribution in [0.25, 0.3) is 22.3 Å². The van der Waals surface area contributed by atoms with E-state index in [2.05, 4.69) is 61.5 Å². The summed E-state index contributed by atoms with van der Waals surface area (Å²) in [6.07, 6.45) is -0.816. The smallest absolute Gasteiger partial charge is 0.338 e. The molecule has 0 spiro atoms. The van der Waals surface area contributed by atoms with E-state index in [1.807, 2.05) is 18.2 Å². The molecule has 3 aromatic rings. The zero-order chi connectivity index (χ0) is 18.1. The van der Waals surface area contributed by atoms with Crippen LogP contribution in [0.1, 0.15) is 17.2 Å². The van der Waals surface area contributed by atoms with Gasteiger partial charge in [-0.25, -0.2) is 4.79 Å². The maximum absolute atomic E-state index is 12.0. The van der Waals surface area contributed by atoms with E-state index in [1.54, 1.807) is 0 Å². The minimum atomic E-state index is -0.533. The summed E-state index contributed by atoms with van der Waals surface area (Å²) in [5.74, 6) is -0.326. The van der Waals surface area contributed by atoms with Gasteiger partial charge in [0.2, 0.25) is 0 Å². The molecule has 1 fully saturated rings. The number of carbonyl (C=O) groups excluding carboxylic acids is 1. The molecule has 0 bridgehead atoms. The molecule has 0 aliphatic carbocycles. The topological polar surface area (TPSA) is 38.8 Å². The standard InChI is InChI=1S/C23H20O3/c1-15-11-13-17(14-12-15)19-10-6-9-18(16-7-4-3-5-8-16)20(19)21-22(26-21)23(24)25-2/h3-14,21-22H,1-2H3/t21-,22+/m0/s1. The number of hydrogen-bond acceptors (Lipinski definition) is 3. The Labute approximate surface area is 153 Å². The second-order valence-electron chi connectivity index (χ2n) is 6.50. The number of rotatable bonds is 4. The molecule has 0 N–H and O–H groups in total. The average Bonchev–Trinajstić information content (AvgIpc) is 3.48. The fourth-order valence-electron chi connectivity index (χ4n) is 3.35. The van der Waals surface area contributed by atoms with Crippen molar-refractivity contribution < 1.29 is 14.3 Å². The molecule has 3 heteroatoms. The summed E-state index contributed by atoms with van der Waals surface area (Å²) in [5.41, 5.74) is 6.64. The molecule has 1 heterocycles. The Morgan fingerprint density at radius 3 is 2.08 bits per heavy atom. The Morgan fingerprint density at radius 1 is 0.846 bits per heavy atom. The van der Waals surface area contributed by atoms with Gasteiger partial charge in [-0.1, -0.05) is 78.4 Å². The van der Waals surface area contributed by atoms with Crippen molar-refractivity contribution in [2.75, 3.05) is 7.11 Å². The normalized spacial score (nSPS) is 18.4. The van der Waals surface area contributed by atoms with Crippen molar-refractivity contribution in [2.24, 2.45) is 0 Å². The van der Waals surface area contributed by atoms with E-state index in [9.17, 15) is 4.79 Å². The van der Waals surface area contributed by atoms with E-state index in [1.165, 1.54) is 12.7 Å². The van der Waals surface area contributed by atoms with Gasteiger partial charge in [0, 0.05) is 0 Å². The Kier molecular flexibility index (Phi) is 4.31. The molecule has 1 aliphatic heterocycles. The van der Waals surface area contributed by atoms with Crippen LogP contribution in [0.3, 0.4) is 0 Å². The first-order chi connectivity index (χ1) is 12.7. The Hall–Kier alpha value is -2.91. The third-order valence-electron chi connectivity index (χ3n) is 4.76. The molecule has 0 saturated carbocycles. The summed E-state index contributed by atoms with van der Waals surface area (Å²) >= 11 is 0. The van der Waals surface area contributed by atoms with Crippen molar-refractivity contribution in [1.82, 2.24) is 0 Å². The molecule has 1 aliphatic rings. The monoisotopic (exact) mass is 344 g/mol. The first-order valence-electron chi connectivity index (χ1n) is 8.67. The van der Waals surface area contributed by atoms with Crippen molar-refractivity contribution in [3.8, 4) is 22.3 Å². The lowest BCUT2D eigenvalue weighted by Crippen LogP contribution is -2.10. The highest BCUT2D eigenvalue weighted by molar-refractivity contribution is 5.84. The van der Waals surface area contributed by atoms with Crippen molar-refractivity contribution in [1.29, 1.82) is 0 Å². The zero-order valence-electron chi connectivity index (χ0n) is 14.8. The number of benzene rings is 3. The van der Waals surface area contributed by atoms with Gasteiger partial charge in [0.15, 0.2) is 6.10 Å². The summed E-state index contributed by atoms with van der Waals surface area (Å²) in [6.45, 7) is 2.07. The van der Waals surface area contributed by atoms with Gasteiger partial charge in [0.05, 0.1) is 7.11 Å². The van der Waals surface area contributed by atoms with Crippen molar-refractivity contribution in [3.63, 3.8) is 0 Å². The highest BCUT2D eigenvalue weighted by Crippen LogP contribution is 2.48. The van der Waals surface area contributed by atoms with E-state index in [0.717, 1.165) is 27.8 Å². The fourth-order valence-corrected chi connectivity index (χ4v) is 3.35. The van der Waals surface area contributed by atoms with Gasteiger partial charge in [-0.3, -0.25) is 0 Å². The summed E-state index contributed by atoms with van der Waals surface area (Å²) in [5, 5.41) is 0. The maximum Gasteiger partial charge on any atom is 0.338 e. The lowest BCUT2D eigenvalue weighted by Gasteiger charge is -2.14. The van der Waals surface area contributed by atoms with Crippen LogP contribution >= 0.6 is 0 Å². The predicted molar refractivity (Wildman–Crippen MR) is 102 cm³/mol. The molecular weight excluding hydrogens is 324 g/mol. The van der Waals surface area contributed by atoms with Gasteiger partial charge in [0.25, 0.3) is 0 Å². The summed E-state index contributed by atoms with van der Waals surface area (Å²) in [4.78, 5) is 12.0. The number of hydrogen-bond donors (Lipinski definition) is 0. The van der Waals surface area contributed by atoms with Crippen LogP contribution < -0.4 is 0 Å². The number of ether oxygens (including phenoxy) is 2. The number of esters is 1. The molecule has 3 aromatic carbocycles. The number of carbonyl (C=O) groups is 1. The van der Waals surface area contributed by atoms with Crippen LogP contribution in [-0.2, 0) is 14.3 Å². The molecule has 0 unspecified atom stereocenters. The number of aryl methyl sites for hydroxylation is 1. The molecule has 1 saturated heterocycles. The Bertz CT molecular complexity index is 929. The highest BCUT2D eigenvalue weighted by atomic mass is 16.6. The first-order valence-corrected chi connectivity index (χ1v) is 8.67. The fraction of sp³-hybridized carbons (Fsp3) is 0.174. The number of methoxy groups -OCH3 is 1. The van der Waals surface area contributed by atoms with E-state index in [0.29, 0.717) is 0 Å². The van der Waals surface area contributed by atoms with Crippen LogP contribution in [0.4, 0.5) is 0 Å². The highest BCUT2D eigenvalue weighted by Gasteiger charge is 2.49. The van der Waals surface area contributed by atoms with Crippen LogP contribution in [0.15, 0.2) is 72.8 Å². The van der Waals surface area contributed by atoms with Crippen molar-refractivity contribution in [2.45, 2.75) is 19.1 Å². The van der Waals surface area contributed by atoms with E-state index in [4.69, 9.17) is 9.47 Å². The zero-order valence-corrected chi connectivity index (χ0v) is 14.8. The summed E-state index contributed by atoms with van der Waals surface area (Å²) < 4.78 is 10.6. The molecule has 26 heavy (non-hydrogen) atoms. The van der Waals surface area contributed by atoms with Crippen molar-refractivity contribution >= 4 is 5.97 Å². The molecule has 4 rings (SSSR count). The molecule has 2 atom stereocenters. The lowest BCUT2D eigenvalue weighted by atomic mass is 9.89. The van der Waals surface area contributed by atoms with Crippen molar-refractivity contribution in [3.05, 3.63) is 83.9 Å². The molecule has 0 aromatic heterocycles. The van der Waals surface area contributed by atoms with Crippen LogP contribution in [0.5, 0.6) is 0 Å². The quantitative estimate of drug-likeness (QED) is 0.497. The predicted octanol–water partition coefficient (Wildman–Crippen LogP) is 4.94. The molecule has 130 valence electrons. The molecule has 3 nitrogen and oxygen atoms in total. The van der Waals surface area contributed by atoms with Gasteiger partial charge < -0.3 is 9.47 Å². The van der Waals surface area contributed by atoms with Crippen LogP contribution in [0, 0.1) is 6.92 Å². The van der Waals surface area contributed by atoms with Gasteiger partial charge in [-0.2, -0.15) is 0 Å². The molecule has 0 radical (unpaired) electrons. The number of epoxide rings is 1. The van der Waals surface area contributed by atoms with E-state index in [-0.39, 0.29) is 12.1 Å². The second-order valence-corrected chi connectivity index (χ2v) is 6.50. The Morgan fingerprint density at radius 2 is 1.46 bits per heavy atom. The largest absolute Gasteiger partial charge is 0.467 e. The average molecular weight is 344 g/mol. The van der Waals surface area contributed by atoms with E-state index >= 15 is 0 Å². The minimum absolute atomic E-state index is 0.282. The maximum atomic E-state index is 12.0. The minimum Gasteiger partial charge on any atom is -0.467 e. The summed E-state index contributed by atoms with van der Waals surface area (Å²) in [7, 11) is 1.39. The van der Waals surface area contributed by atoms with Gasteiger partial charge in [-0.05, 0) is 34.7 Å². The van der Waals surface area contributed by atoms with Gasteiger partial charge in [-0.15, -0.1) is 0 Å². The second kappa shape index (κ2) is 6.77. The third-order valence-corrected chi connectivity index (χ3v) is 4.76. The van der Waals surface area contributed by atoms with Crippen LogP contribution in [-0.4, -0.2) is 19.2 Å². The van der Waals surface area contributed by atoms with Gasteiger partial charge in [0.1, 0.15) is 6.10 Å². The third kappa shape index (κ3) is 3.02. The molecule has 0 amide bonds.